The van der Waals surface area contributed by atoms with E-state index in [9.17, 15) is 4.79 Å². The molecule has 0 aliphatic carbocycles. The summed E-state index contributed by atoms with van der Waals surface area (Å²) in [6, 6.07) is 7.67. The van der Waals surface area contributed by atoms with Gasteiger partial charge in [-0.15, -0.1) is 0 Å². The SMILES string of the molecule is COc1cccc(OC[C@H]2CCCN(C(=O)CCN3CCOCC3)C2)c1. The number of amides is 1. The maximum Gasteiger partial charge on any atom is 0.223 e. The predicted molar refractivity (Wildman–Crippen MR) is 99.7 cm³/mol. The Morgan fingerprint density at radius 1 is 1.23 bits per heavy atom. The maximum absolute atomic E-state index is 12.6. The highest BCUT2D eigenvalue weighted by Crippen LogP contribution is 2.22. The monoisotopic (exact) mass is 362 g/mol. The van der Waals surface area contributed by atoms with E-state index in [1.165, 1.54) is 0 Å². The number of benzene rings is 1. The van der Waals surface area contributed by atoms with Crippen molar-refractivity contribution in [3.05, 3.63) is 24.3 Å². The summed E-state index contributed by atoms with van der Waals surface area (Å²) in [7, 11) is 1.65. The molecule has 144 valence electrons. The van der Waals surface area contributed by atoms with Gasteiger partial charge < -0.3 is 19.1 Å². The van der Waals surface area contributed by atoms with Gasteiger partial charge in [0.1, 0.15) is 11.5 Å². The van der Waals surface area contributed by atoms with Gasteiger partial charge in [-0.25, -0.2) is 0 Å². The minimum Gasteiger partial charge on any atom is -0.497 e. The summed E-state index contributed by atoms with van der Waals surface area (Å²) >= 11 is 0. The molecule has 2 aliphatic rings. The molecular formula is C20H30N2O4. The zero-order chi connectivity index (χ0) is 18.2. The van der Waals surface area contributed by atoms with Gasteiger partial charge in [0, 0.05) is 51.1 Å². The second-order valence-electron chi connectivity index (χ2n) is 7.04. The molecule has 0 aromatic heterocycles. The zero-order valence-electron chi connectivity index (χ0n) is 15.7. The highest BCUT2D eigenvalue weighted by molar-refractivity contribution is 5.76. The van der Waals surface area contributed by atoms with Crippen molar-refractivity contribution in [1.29, 1.82) is 0 Å². The van der Waals surface area contributed by atoms with Crippen molar-refractivity contribution in [3.63, 3.8) is 0 Å². The van der Waals surface area contributed by atoms with Gasteiger partial charge in [0.2, 0.25) is 5.91 Å². The third-order valence-corrected chi connectivity index (χ3v) is 5.14. The normalized spacial score (nSPS) is 21.4. The molecule has 1 atom stereocenters. The molecule has 2 saturated heterocycles. The number of morpholine rings is 1. The van der Waals surface area contributed by atoms with Crippen molar-refractivity contribution in [2.45, 2.75) is 19.3 Å². The summed E-state index contributed by atoms with van der Waals surface area (Å²) in [6.45, 7) is 6.57. The molecule has 0 radical (unpaired) electrons. The molecule has 0 N–H and O–H groups in total. The van der Waals surface area contributed by atoms with E-state index in [2.05, 4.69) is 4.90 Å². The maximum atomic E-state index is 12.6. The number of methoxy groups -OCH3 is 1. The van der Waals surface area contributed by atoms with Crippen molar-refractivity contribution in [2.75, 3.05) is 59.7 Å². The molecule has 6 heteroatoms. The molecule has 1 amide bonds. The van der Waals surface area contributed by atoms with Crippen LogP contribution in [0.3, 0.4) is 0 Å². The van der Waals surface area contributed by atoms with E-state index in [-0.39, 0.29) is 5.91 Å². The summed E-state index contributed by atoms with van der Waals surface area (Å²) in [5.74, 6) is 2.27. The molecule has 0 unspecified atom stereocenters. The second-order valence-corrected chi connectivity index (χ2v) is 7.04. The van der Waals surface area contributed by atoms with Crippen molar-refractivity contribution < 1.29 is 19.0 Å². The van der Waals surface area contributed by atoms with Gasteiger partial charge in [0.15, 0.2) is 0 Å². The Labute approximate surface area is 156 Å². The fourth-order valence-electron chi connectivity index (χ4n) is 3.57. The summed E-state index contributed by atoms with van der Waals surface area (Å²) in [6.07, 6.45) is 2.76. The smallest absolute Gasteiger partial charge is 0.223 e. The quantitative estimate of drug-likeness (QED) is 0.743. The molecule has 0 bridgehead atoms. The van der Waals surface area contributed by atoms with Gasteiger partial charge in [-0.1, -0.05) is 6.07 Å². The van der Waals surface area contributed by atoms with E-state index in [1.54, 1.807) is 7.11 Å². The van der Waals surface area contributed by atoms with Crippen LogP contribution >= 0.6 is 0 Å². The van der Waals surface area contributed by atoms with Crippen LogP contribution in [0.1, 0.15) is 19.3 Å². The zero-order valence-corrected chi connectivity index (χ0v) is 15.7. The van der Waals surface area contributed by atoms with E-state index in [4.69, 9.17) is 14.2 Å². The molecule has 3 rings (SSSR count). The Bertz CT molecular complexity index is 575. The molecule has 1 aromatic rings. The molecule has 0 saturated carbocycles. The average molecular weight is 362 g/mol. The Morgan fingerprint density at radius 2 is 2.04 bits per heavy atom. The minimum absolute atomic E-state index is 0.266. The number of hydrogen-bond acceptors (Lipinski definition) is 5. The van der Waals surface area contributed by atoms with Crippen LogP contribution in [-0.2, 0) is 9.53 Å². The van der Waals surface area contributed by atoms with Crippen LogP contribution in [0.15, 0.2) is 24.3 Å². The van der Waals surface area contributed by atoms with Crippen LogP contribution < -0.4 is 9.47 Å². The van der Waals surface area contributed by atoms with E-state index < -0.39 is 0 Å². The molecule has 2 heterocycles. The second kappa shape index (κ2) is 9.78. The number of carbonyl (C=O) groups is 1. The number of carbonyl (C=O) groups excluding carboxylic acids is 1. The van der Waals surface area contributed by atoms with Crippen LogP contribution in [0.2, 0.25) is 0 Å². The standard InChI is InChI=1S/C20H30N2O4/c1-24-18-5-2-6-19(14-18)26-16-17-4-3-8-22(15-17)20(23)7-9-21-10-12-25-13-11-21/h2,5-6,14,17H,3-4,7-13,15-16H2,1H3/t17-/m0/s1. The molecular weight excluding hydrogens is 332 g/mol. The van der Waals surface area contributed by atoms with Crippen LogP contribution in [0, 0.1) is 5.92 Å². The molecule has 2 aliphatic heterocycles. The first-order valence-electron chi connectivity index (χ1n) is 9.59. The largest absolute Gasteiger partial charge is 0.497 e. The van der Waals surface area contributed by atoms with E-state index in [0.29, 0.717) is 18.9 Å². The van der Waals surface area contributed by atoms with Gasteiger partial charge >= 0.3 is 0 Å². The molecule has 2 fully saturated rings. The molecule has 26 heavy (non-hydrogen) atoms. The molecule has 1 aromatic carbocycles. The van der Waals surface area contributed by atoms with Gasteiger partial charge in [-0.05, 0) is 25.0 Å². The molecule has 6 nitrogen and oxygen atoms in total. The van der Waals surface area contributed by atoms with Gasteiger partial charge in [-0.3, -0.25) is 9.69 Å². The van der Waals surface area contributed by atoms with E-state index >= 15 is 0 Å². The molecule has 0 spiro atoms. The van der Waals surface area contributed by atoms with Crippen molar-refractivity contribution in [2.24, 2.45) is 5.92 Å². The first-order valence-corrected chi connectivity index (χ1v) is 9.59. The summed E-state index contributed by atoms with van der Waals surface area (Å²) in [5.41, 5.74) is 0. The highest BCUT2D eigenvalue weighted by atomic mass is 16.5. The average Bonchev–Trinajstić information content (AvgIpc) is 2.71. The Kier molecular flexibility index (Phi) is 7.14. The number of ether oxygens (including phenoxy) is 3. The number of nitrogens with zero attached hydrogens (tertiary/aromatic N) is 2. The summed E-state index contributed by atoms with van der Waals surface area (Å²) in [5, 5.41) is 0. The van der Waals surface area contributed by atoms with Gasteiger partial charge in [0.25, 0.3) is 0 Å². The first-order chi connectivity index (χ1) is 12.7. The van der Waals surface area contributed by atoms with Gasteiger partial charge in [-0.2, -0.15) is 0 Å². The van der Waals surface area contributed by atoms with Crippen LogP contribution in [0.4, 0.5) is 0 Å². The van der Waals surface area contributed by atoms with Gasteiger partial charge in [0.05, 0.1) is 26.9 Å². The lowest BCUT2D eigenvalue weighted by Gasteiger charge is -2.33. The highest BCUT2D eigenvalue weighted by Gasteiger charge is 2.24. The first kappa shape index (κ1) is 19.0. The van der Waals surface area contributed by atoms with Crippen molar-refractivity contribution in [3.8, 4) is 11.5 Å². The fourth-order valence-corrected chi connectivity index (χ4v) is 3.57. The lowest BCUT2D eigenvalue weighted by molar-refractivity contribution is -0.133. The van der Waals surface area contributed by atoms with E-state index in [1.807, 2.05) is 29.2 Å². The summed E-state index contributed by atoms with van der Waals surface area (Å²) in [4.78, 5) is 16.9. The number of rotatable bonds is 7. The Balaban J connectivity index is 1.42. The van der Waals surface area contributed by atoms with Crippen LogP contribution in [-0.4, -0.2) is 75.4 Å². The number of piperidine rings is 1. The van der Waals surface area contributed by atoms with Crippen LogP contribution in [0.5, 0.6) is 11.5 Å². The Morgan fingerprint density at radius 3 is 2.85 bits per heavy atom. The van der Waals surface area contributed by atoms with E-state index in [0.717, 1.165) is 70.3 Å². The fraction of sp³-hybridized carbons (Fsp3) is 0.650. The number of hydrogen-bond donors (Lipinski definition) is 0. The lowest BCUT2D eigenvalue weighted by atomic mass is 9.98. The summed E-state index contributed by atoms with van der Waals surface area (Å²) < 4.78 is 16.5. The number of likely N-dealkylation sites (tertiary alicyclic amines) is 1. The van der Waals surface area contributed by atoms with Crippen molar-refractivity contribution in [1.82, 2.24) is 9.80 Å². The Hall–Kier alpha value is -1.79. The third-order valence-electron chi connectivity index (χ3n) is 5.14. The van der Waals surface area contributed by atoms with Crippen molar-refractivity contribution >= 4 is 5.91 Å². The topological polar surface area (TPSA) is 51.2 Å². The third kappa shape index (κ3) is 5.61. The van der Waals surface area contributed by atoms with Crippen LogP contribution in [0.25, 0.3) is 0 Å². The predicted octanol–water partition coefficient (Wildman–Crippen LogP) is 2.03. The minimum atomic E-state index is 0.266. The lowest BCUT2D eigenvalue weighted by Crippen LogP contribution is -2.44.